The van der Waals surface area contributed by atoms with E-state index in [2.05, 4.69) is 15.9 Å². The number of carboxylic acid groups (broad SMARTS) is 1. The maximum Gasteiger partial charge on any atom is 0.337 e. The number of hydrogen-bond donors (Lipinski definition) is 2. The lowest BCUT2D eigenvalue weighted by Crippen LogP contribution is -2.12. The van der Waals surface area contributed by atoms with Crippen molar-refractivity contribution in [2.24, 2.45) is 0 Å². The van der Waals surface area contributed by atoms with E-state index in [4.69, 9.17) is 5.11 Å². The second-order valence-electron chi connectivity index (χ2n) is 3.97. The number of rotatable bonds is 6. The van der Waals surface area contributed by atoms with Crippen LogP contribution >= 0.6 is 15.9 Å². The van der Waals surface area contributed by atoms with Crippen LogP contribution in [0.25, 0.3) is 0 Å². The van der Waals surface area contributed by atoms with Gasteiger partial charge in [-0.2, -0.15) is 0 Å². The number of Topliss-reactive ketones (excluding diaryl/α,β-unsaturated/α-hetero) is 1. The van der Waals surface area contributed by atoms with Crippen LogP contribution in [-0.4, -0.2) is 27.3 Å². The van der Waals surface area contributed by atoms with E-state index < -0.39 is 12.1 Å². The summed E-state index contributed by atoms with van der Waals surface area (Å²) >= 11 is 3.10. The third-order valence-corrected chi connectivity index (χ3v) is 3.32. The number of aryl methyl sites for hydroxylation is 1. The molecule has 0 aliphatic carbocycles. The molecule has 0 saturated heterocycles. The van der Waals surface area contributed by atoms with Gasteiger partial charge in [-0.15, -0.1) is 0 Å². The number of hydrogen-bond acceptors (Lipinski definition) is 3. The van der Waals surface area contributed by atoms with Crippen molar-refractivity contribution in [2.45, 2.75) is 25.9 Å². The Morgan fingerprint density at radius 3 is 2.50 bits per heavy atom. The third kappa shape index (κ3) is 3.65. The van der Waals surface area contributed by atoms with Crippen LogP contribution in [0.5, 0.6) is 0 Å². The van der Waals surface area contributed by atoms with Gasteiger partial charge < -0.3 is 10.2 Å². The van der Waals surface area contributed by atoms with Gasteiger partial charge in [-0.1, -0.05) is 41.1 Å². The number of benzene rings is 1. The largest absolute Gasteiger partial charge is 0.479 e. The van der Waals surface area contributed by atoms with Gasteiger partial charge in [-0.25, -0.2) is 4.79 Å². The van der Waals surface area contributed by atoms with E-state index >= 15 is 0 Å². The van der Waals surface area contributed by atoms with E-state index in [-0.39, 0.29) is 17.5 Å². The zero-order valence-electron chi connectivity index (χ0n) is 10.0. The Balaban J connectivity index is 3.09. The lowest BCUT2D eigenvalue weighted by atomic mass is 9.96. The lowest BCUT2D eigenvalue weighted by molar-refractivity contribution is -0.146. The second kappa shape index (κ2) is 6.66. The number of aliphatic carboxylic acids is 1. The Kier molecular flexibility index (Phi) is 5.50. The molecular weight excluding hydrogens is 300 g/mol. The fourth-order valence-corrected chi connectivity index (χ4v) is 1.93. The van der Waals surface area contributed by atoms with Crippen LogP contribution in [0, 0.1) is 0 Å². The van der Waals surface area contributed by atoms with Gasteiger partial charge in [0.25, 0.3) is 0 Å². The summed E-state index contributed by atoms with van der Waals surface area (Å²) in [6, 6.07) is 4.94. The number of carbonyl (C=O) groups is 2. The Hall–Kier alpha value is -1.20. The molecule has 1 aromatic rings. The van der Waals surface area contributed by atoms with Crippen molar-refractivity contribution in [1.82, 2.24) is 0 Å². The standard InChI is InChI=1S/C13H15BrO4/c1-2-8-3-4-9(12(16)13(17)18)5-10(8)6-11(15)7-14/h3-5,12,16H,2,6-7H2,1H3,(H,17,18). The SMILES string of the molecule is CCc1ccc(C(O)C(=O)O)cc1CC(=O)CBr. The minimum atomic E-state index is -1.55. The molecule has 1 atom stereocenters. The van der Waals surface area contributed by atoms with E-state index in [1.54, 1.807) is 18.2 Å². The van der Waals surface area contributed by atoms with Gasteiger partial charge in [-0.3, -0.25) is 4.79 Å². The number of ketones is 1. The summed E-state index contributed by atoms with van der Waals surface area (Å²) in [7, 11) is 0. The van der Waals surface area contributed by atoms with E-state index in [1.807, 2.05) is 6.92 Å². The van der Waals surface area contributed by atoms with E-state index in [0.29, 0.717) is 5.56 Å². The molecule has 0 aliphatic heterocycles. The Morgan fingerprint density at radius 1 is 1.33 bits per heavy atom. The van der Waals surface area contributed by atoms with Gasteiger partial charge >= 0.3 is 5.97 Å². The first-order valence-electron chi connectivity index (χ1n) is 5.59. The summed E-state index contributed by atoms with van der Waals surface area (Å²) in [4.78, 5) is 22.2. The number of carbonyl (C=O) groups excluding carboxylic acids is 1. The van der Waals surface area contributed by atoms with Gasteiger partial charge in [0.05, 0.1) is 5.33 Å². The average molecular weight is 315 g/mol. The molecule has 0 radical (unpaired) electrons. The lowest BCUT2D eigenvalue weighted by Gasteiger charge is -2.11. The molecule has 0 saturated carbocycles. The predicted molar refractivity (Wildman–Crippen MR) is 70.9 cm³/mol. The minimum Gasteiger partial charge on any atom is -0.479 e. The summed E-state index contributed by atoms with van der Waals surface area (Å²) in [6.07, 6.45) is -0.545. The fraction of sp³-hybridized carbons (Fsp3) is 0.385. The zero-order chi connectivity index (χ0) is 13.7. The molecule has 0 aromatic heterocycles. The van der Waals surface area contributed by atoms with Crippen molar-refractivity contribution in [3.8, 4) is 0 Å². The monoisotopic (exact) mass is 314 g/mol. The molecule has 5 heteroatoms. The van der Waals surface area contributed by atoms with Gasteiger partial charge in [0.2, 0.25) is 0 Å². The Labute approximate surface area is 114 Å². The summed E-state index contributed by atoms with van der Waals surface area (Å²) in [5.41, 5.74) is 2.07. The van der Waals surface area contributed by atoms with E-state index in [0.717, 1.165) is 17.5 Å². The van der Waals surface area contributed by atoms with Crippen LogP contribution in [-0.2, 0) is 22.4 Å². The molecule has 2 N–H and O–H groups in total. The Bertz CT molecular complexity index is 456. The summed E-state index contributed by atoms with van der Waals surface area (Å²) in [6.45, 7) is 1.96. The zero-order valence-corrected chi connectivity index (χ0v) is 11.6. The third-order valence-electron chi connectivity index (χ3n) is 2.70. The van der Waals surface area contributed by atoms with Crippen molar-refractivity contribution in [2.75, 3.05) is 5.33 Å². The van der Waals surface area contributed by atoms with Crippen LogP contribution in [0.4, 0.5) is 0 Å². The first-order chi connectivity index (χ1) is 8.49. The molecule has 0 spiro atoms. The molecule has 1 unspecified atom stereocenters. The maximum absolute atomic E-state index is 11.4. The number of halogens is 1. The molecule has 1 rings (SSSR count). The van der Waals surface area contributed by atoms with Crippen molar-refractivity contribution in [3.05, 3.63) is 34.9 Å². The van der Waals surface area contributed by atoms with Crippen LogP contribution in [0.3, 0.4) is 0 Å². The van der Waals surface area contributed by atoms with E-state index in [1.165, 1.54) is 0 Å². The molecular formula is C13H15BrO4. The van der Waals surface area contributed by atoms with Crippen LogP contribution in [0.2, 0.25) is 0 Å². The molecule has 98 valence electrons. The molecule has 1 aromatic carbocycles. The molecule has 0 amide bonds. The van der Waals surface area contributed by atoms with Crippen LogP contribution < -0.4 is 0 Å². The summed E-state index contributed by atoms with van der Waals surface area (Å²) < 4.78 is 0. The molecule has 0 fully saturated rings. The highest BCUT2D eigenvalue weighted by Crippen LogP contribution is 2.19. The van der Waals surface area contributed by atoms with Crippen molar-refractivity contribution in [1.29, 1.82) is 0 Å². The summed E-state index contributed by atoms with van der Waals surface area (Å²) in [5, 5.41) is 18.5. The van der Waals surface area contributed by atoms with Crippen LogP contribution in [0.1, 0.15) is 29.7 Å². The van der Waals surface area contributed by atoms with Gasteiger partial charge in [0.1, 0.15) is 5.78 Å². The van der Waals surface area contributed by atoms with Gasteiger partial charge in [0.15, 0.2) is 6.10 Å². The molecule has 0 bridgehead atoms. The van der Waals surface area contributed by atoms with Gasteiger partial charge in [0, 0.05) is 6.42 Å². The topological polar surface area (TPSA) is 74.6 Å². The highest BCUT2D eigenvalue weighted by molar-refractivity contribution is 9.09. The second-order valence-corrected chi connectivity index (χ2v) is 4.53. The van der Waals surface area contributed by atoms with E-state index in [9.17, 15) is 14.7 Å². The first-order valence-corrected chi connectivity index (χ1v) is 6.72. The number of alkyl halides is 1. The first kappa shape index (κ1) is 14.9. The minimum absolute atomic E-state index is 0.0201. The number of aliphatic hydroxyl groups is 1. The smallest absolute Gasteiger partial charge is 0.337 e. The Morgan fingerprint density at radius 2 is 2.00 bits per heavy atom. The van der Waals surface area contributed by atoms with Crippen LogP contribution in [0.15, 0.2) is 18.2 Å². The van der Waals surface area contributed by atoms with Crippen molar-refractivity contribution >= 4 is 27.7 Å². The maximum atomic E-state index is 11.4. The normalized spacial score (nSPS) is 12.2. The molecule has 18 heavy (non-hydrogen) atoms. The van der Waals surface area contributed by atoms with Crippen molar-refractivity contribution < 1.29 is 19.8 Å². The predicted octanol–water partition coefficient (Wildman–Crippen LogP) is 1.87. The molecule has 0 heterocycles. The highest BCUT2D eigenvalue weighted by Gasteiger charge is 2.17. The fourth-order valence-electron chi connectivity index (χ4n) is 1.73. The van der Waals surface area contributed by atoms with Gasteiger partial charge in [-0.05, 0) is 23.1 Å². The average Bonchev–Trinajstić information content (AvgIpc) is 2.37. The molecule has 0 aliphatic rings. The highest BCUT2D eigenvalue weighted by atomic mass is 79.9. The quantitative estimate of drug-likeness (QED) is 0.786. The van der Waals surface area contributed by atoms with Crippen molar-refractivity contribution in [3.63, 3.8) is 0 Å². The summed E-state index contributed by atoms with van der Waals surface area (Å²) in [5.74, 6) is -1.27. The molecule has 4 nitrogen and oxygen atoms in total. The number of aliphatic hydroxyl groups excluding tert-OH is 1. The number of carboxylic acids is 1.